The molecule has 1 aromatic heterocycles. The summed E-state index contributed by atoms with van der Waals surface area (Å²) in [5, 5.41) is 2.93. The van der Waals surface area contributed by atoms with Gasteiger partial charge >= 0.3 is 5.97 Å². The summed E-state index contributed by atoms with van der Waals surface area (Å²) in [4.78, 5) is 15.3. The summed E-state index contributed by atoms with van der Waals surface area (Å²) in [5.41, 5.74) is 1.48. The molecule has 0 saturated carbocycles. The second-order valence-corrected chi connectivity index (χ2v) is 3.90. The molecule has 1 aromatic carbocycles. The first-order chi connectivity index (χ1) is 9.20. The van der Waals surface area contributed by atoms with Gasteiger partial charge < -0.3 is 10.1 Å². The maximum Gasteiger partial charge on any atom is 0.337 e. The highest BCUT2D eigenvalue weighted by Gasteiger charge is 2.09. The van der Waals surface area contributed by atoms with Crippen LogP contribution in [0.1, 0.15) is 15.9 Å². The van der Waals surface area contributed by atoms with Gasteiger partial charge in [-0.3, -0.25) is 4.98 Å². The monoisotopic (exact) mass is 260 g/mol. The van der Waals surface area contributed by atoms with Gasteiger partial charge in [-0.15, -0.1) is 0 Å². The predicted molar refractivity (Wildman–Crippen MR) is 69.3 cm³/mol. The smallest absolute Gasteiger partial charge is 0.337 e. The van der Waals surface area contributed by atoms with Crippen LogP contribution in [0.25, 0.3) is 0 Å². The summed E-state index contributed by atoms with van der Waals surface area (Å²) < 4.78 is 18.2. The Kier molecular flexibility index (Phi) is 4.07. The molecule has 0 radical (unpaired) electrons. The van der Waals surface area contributed by atoms with Gasteiger partial charge in [-0.2, -0.15) is 0 Å². The Bertz CT molecular complexity index is 573. The largest absolute Gasteiger partial charge is 0.465 e. The van der Waals surface area contributed by atoms with Crippen molar-refractivity contribution in [3.63, 3.8) is 0 Å². The molecular weight excluding hydrogens is 247 g/mol. The van der Waals surface area contributed by atoms with Crippen molar-refractivity contribution in [2.45, 2.75) is 6.54 Å². The molecular formula is C14H13FN2O2. The van der Waals surface area contributed by atoms with E-state index < -0.39 is 11.8 Å². The van der Waals surface area contributed by atoms with Gasteiger partial charge in [-0.25, -0.2) is 9.18 Å². The van der Waals surface area contributed by atoms with Gasteiger partial charge in [0.25, 0.3) is 0 Å². The summed E-state index contributed by atoms with van der Waals surface area (Å²) in [7, 11) is 1.29. The van der Waals surface area contributed by atoms with E-state index in [1.54, 1.807) is 18.5 Å². The molecule has 0 aliphatic rings. The Morgan fingerprint density at radius 2 is 2.26 bits per heavy atom. The fraction of sp³-hybridized carbons (Fsp3) is 0.143. The van der Waals surface area contributed by atoms with Crippen molar-refractivity contribution in [2.75, 3.05) is 12.4 Å². The van der Waals surface area contributed by atoms with Crippen molar-refractivity contribution in [3.05, 3.63) is 59.7 Å². The minimum Gasteiger partial charge on any atom is -0.465 e. The first-order valence-electron chi connectivity index (χ1n) is 5.71. The number of anilines is 1. The first-order valence-corrected chi connectivity index (χ1v) is 5.71. The fourth-order valence-electron chi connectivity index (χ4n) is 1.61. The van der Waals surface area contributed by atoms with E-state index in [0.717, 1.165) is 5.56 Å². The number of methoxy groups -OCH3 is 1. The predicted octanol–water partition coefficient (Wildman–Crippen LogP) is 2.62. The number of benzene rings is 1. The minimum atomic E-state index is -0.496. The number of rotatable bonds is 4. The van der Waals surface area contributed by atoms with Gasteiger partial charge in [0.05, 0.1) is 18.4 Å². The Labute approximate surface area is 110 Å². The van der Waals surface area contributed by atoms with Gasteiger partial charge in [-0.05, 0) is 29.8 Å². The standard InChI is InChI=1S/C14H13FN2O2/c1-19-14(18)11-4-5-12(15)13(7-11)17-9-10-3-2-6-16-8-10/h2-8,17H,9H2,1H3. The van der Waals surface area contributed by atoms with Crippen LogP contribution in [0.3, 0.4) is 0 Å². The molecule has 98 valence electrons. The molecule has 2 aromatic rings. The SMILES string of the molecule is COC(=O)c1ccc(F)c(NCc2cccnc2)c1. The van der Waals surface area contributed by atoms with E-state index in [1.807, 2.05) is 6.07 Å². The number of pyridine rings is 1. The number of hydrogen-bond acceptors (Lipinski definition) is 4. The molecule has 1 N–H and O–H groups in total. The third-order valence-corrected chi connectivity index (χ3v) is 2.59. The van der Waals surface area contributed by atoms with Gasteiger partial charge in [0, 0.05) is 18.9 Å². The lowest BCUT2D eigenvalue weighted by Gasteiger charge is -2.09. The first kappa shape index (κ1) is 13.0. The molecule has 0 fully saturated rings. The second kappa shape index (κ2) is 5.95. The average molecular weight is 260 g/mol. The number of hydrogen-bond donors (Lipinski definition) is 1. The van der Waals surface area contributed by atoms with E-state index in [1.165, 1.54) is 25.3 Å². The second-order valence-electron chi connectivity index (χ2n) is 3.90. The summed E-state index contributed by atoms with van der Waals surface area (Å²) in [6, 6.07) is 7.73. The minimum absolute atomic E-state index is 0.256. The average Bonchev–Trinajstić information content (AvgIpc) is 2.46. The van der Waals surface area contributed by atoms with Gasteiger partial charge in [0.1, 0.15) is 5.82 Å². The van der Waals surface area contributed by atoms with Crippen molar-refractivity contribution >= 4 is 11.7 Å². The van der Waals surface area contributed by atoms with E-state index in [0.29, 0.717) is 12.1 Å². The molecule has 4 nitrogen and oxygen atoms in total. The van der Waals surface area contributed by atoms with Gasteiger partial charge in [-0.1, -0.05) is 6.07 Å². The molecule has 0 atom stereocenters. The fourth-order valence-corrected chi connectivity index (χ4v) is 1.61. The molecule has 0 bridgehead atoms. The van der Waals surface area contributed by atoms with Crippen LogP contribution in [0.2, 0.25) is 0 Å². The van der Waals surface area contributed by atoms with Crippen LogP contribution in [0.4, 0.5) is 10.1 Å². The number of nitrogens with one attached hydrogen (secondary N) is 1. The molecule has 1 heterocycles. The molecule has 0 aliphatic heterocycles. The molecule has 2 rings (SSSR count). The molecule has 0 spiro atoms. The normalized spacial score (nSPS) is 10.0. The molecule has 0 unspecified atom stereocenters. The van der Waals surface area contributed by atoms with Crippen molar-refractivity contribution in [2.24, 2.45) is 0 Å². The van der Waals surface area contributed by atoms with E-state index in [-0.39, 0.29) is 5.69 Å². The zero-order valence-corrected chi connectivity index (χ0v) is 10.4. The molecule has 19 heavy (non-hydrogen) atoms. The molecule has 0 aliphatic carbocycles. The Hall–Kier alpha value is -2.43. The van der Waals surface area contributed by atoms with Crippen LogP contribution >= 0.6 is 0 Å². The highest BCUT2D eigenvalue weighted by atomic mass is 19.1. The summed E-state index contributed by atoms with van der Waals surface area (Å²) in [6.07, 6.45) is 3.36. The molecule has 0 amide bonds. The summed E-state index contributed by atoms with van der Waals surface area (Å²) >= 11 is 0. The third-order valence-electron chi connectivity index (χ3n) is 2.59. The number of aromatic nitrogens is 1. The van der Waals surface area contributed by atoms with Crippen molar-refractivity contribution < 1.29 is 13.9 Å². The zero-order valence-electron chi connectivity index (χ0n) is 10.4. The Morgan fingerprint density at radius 1 is 1.42 bits per heavy atom. The number of carbonyl (C=O) groups excluding carboxylic acids is 1. The maximum atomic E-state index is 13.6. The maximum absolute atomic E-state index is 13.6. The lowest BCUT2D eigenvalue weighted by Crippen LogP contribution is -2.05. The van der Waals surface area contributed by atoms with E-state index >= 15 is 0 Å². The van der Waals surface area contributed by atoms with E-state index in [4.69, 9.17) is 0 Å². The van der Waals surface area contributed by atoms with Gasteiger partial charge in [0.2, 0.25) is 0 Å². The van der Waals surface area contributed by atoms with Crippen LogP contribution in [-0.4, -0.2) is 18.1 Å². The lowest BCUT2D eigenvalue weighted by atomic mass is 10.2. The quantitative estimate of drug-likeness (QED) is 0.858. The van der Waals surface area contributed by atoms with Gasteiger partial charge in [0.15, 0.2) is 0 Å². The number of esters is 1. The highest BCUT2D eigenvalue weighted by Crippen LogP contribution is 2.17. The van der Waals surface area contributed by atoms with Crippen LogP contribution in [0.5, 0.6) is 0 Å². The Morgan fingerprint density at radius 3 is 2.95 bits per heavy atom. The summed E-state index contributed by atoms with van der Waals surface area (Å²) in [6.45, 7) is 0.426. The van der Waals surface area contributed by atoms with E-state index in [2.05, 4.69) is 15.0 Å². The third kappa shape index (κ3) is 3.28. The Balaban J connectivity index is 2.13. The van der Waals surface area contributed by atoms with Crippen LogP contribution in [0, 0.1) is 5.82 Å². The molecule has 0 saturated heterocycles. The van der Waals surface area contributed by atoms with Crippen LogP contribution < -0.4 is 5.32 Å². The van der Waals surface area contributed by atoms with Crippen molar-refractivity contribution in [3.8, 4) is 0 Å². The number of halogens is 1. The van der Waals surface area contributed by atoms with Crippen molar-refractivity contribution in [1.29, 1.82) is 0 Å². The van der Waals surface area contributed by atoms with Crippen LogP contribution in [0.15, 0.2) is 42.7 Å². The number of carbonyl (C=O) groups is 1. The highest BCUT2D eigenvalue weighted by molar-refractivity contribution is 5.90. The lowest BCUT2D eigenvalue weighted by molar-refractivity contribution is 0.0600. The number of nitrogens with zero attached hydrogens (tertiary/aromatic N) is 1. The van der Waals surface area contributed by atoms with Crippen molar-refractivity contribution in [1.82, 2.24) is 4.98 Å². The zero-order chi connectivity index (χ0) is 13.7. The van der Waals surface area contributed by atoms with Crippen LogP contribution in [-0.2, 0) is 11.3 Å². The number of ether oxygens (including phenoxy) is 1. The van der Waals surface area contributed by atoms with E-state index in [9.17, 15) is 9.18 Å². The molecule has 5 heteroatoms. The summed E-state index contributed by atoms with van der Waals surface area (Å²) in [5.74, 6) is -0.916. The topological polar surface area (TPSA) is 51.2 Å².